The van der Waals surface area contributed by atoms with Crippen LogP contribution in [0.3, 0.4) is 0 Å². The first-order chi connectivity index (χ1) is 13.7. The number of halogens is 1. The summed E-state index contributed by atoms with van der Waals surface area (Å²) >= 11 is 11.5. The number of thiocarbonyl (C=S) groups is 1. The lowest BCUT2D eigenvalue weighted by atomic mass is 9.93. The third-order valence-electron chi connectivity index (χ3n) is 4.64. The lowest BCUT2D eigenvalue weighted by molar-refractivity contribution is -0.384. The van der Waals surface area contributed by atoms with E-state index in [9.17, 15) is 14.9 Å². The Labute approximate surface area is 178 Å². The first kappa shape index (κ1) is 20.8. The molecule has 9 heteroatoms. The van der Waals surface area contributed by atoms with E-state index in [-0.39, 0.29) is 16.6 Å². The van der Waals surface area contributed by atoms with Gasteiger partial charge in [0.25, 0.3) is 11.6 Å². The third-order valence-corrected chi connectivity index (χ3v) is 5.26. The first-order valence-electron chi connectivity index (χ1n) is 8.74. The maximum absolute atomic E-state index is 13.1. The normalized spacial score (nSPS) is 16.5. The van der Waals surface area contributed by atoms with Crippen molar-refractivity contribution in [3.8, 4) is 0 Å². The molecule has 0 aromatic heterocycles. The number of allylic oxidation sites excluding steroid dienone is 1. The molecule has 0 saturated heterocycles. The van der Waals surface area contributed by atoms with E-state index in [0.717, 1.165) is 5.69 Å². The molecule has 0 spiro atoms. The van der Waals surface area contributed by atoms with Gasteiger partial charge < -0.3 is 10.2 Å². The minimum Gasteiger partial charge on any atom is -0.351 e. The summed E-state index contributed by atoms with van der Waals surface area (Å²) in [5, 5.41) is 14.9. The lowest BCUT2D eigenvalue weighted by Gasteiger charge is -2.38. The third kappa shape index (κ3) is 3.94. The molecule has 1 aliphatic heterocycles. The SMILES string of the molecule is CC1=C(C(=O)N(C)C)C(c2ccc(Cl)c([N+](=O)[O-])c2)NC(=S)N1c1ccccc1. The summed E-state index contributed by atoms with van der Waals surface area (Å²) in [5.41, 5.74) is 2.22. The minimum absolute atomic E-state index is 0.0317. The quantitative estimate of drug-likeness (QED) is 0.448. The summed E-state index contributed by atoms with van der Waals surface area (Å²) in [6, 6.07) is 13.3. The Morgan fingerprint density at radius 3 is 2.48 bits per heavy atom. The van der Waals surface area contributed by atoms with E-state index in [0.29, 0.717) is 21.9 Å². The molecule has 0 saturated carbocycles. The van der Waals surface area contributed by atoms with Crippen molar-refractivity contribution in [2.75, 3.05) is 19.0 Å². The molecule has 0 bridgehead atoms. The molecule has 2 aromatic rings. The molecule has 1 unspecified atom stereocenters. The molecule has 29 heavy (non-hydrogen) atoms. The maximum Gasteiger partial charge on any atom is 0.288 e. The first-order valence-corrected chi connectivity index (χ1v) is 9.53. The highest BCUT2D eigenvalue weighted by atomic mass is 35.5. The molecule has 0 radical (unpaired) electrons. The van der Waals surface area contributed by atoms with Crippen molar-refractivity contribution in [2.24, 2.45) is 0 Å². The number of nitro benzene ring substituents is 1. The second-order valence-corrected chi connectivity index (χ2v) is 7.51. The predicted octanol–water partition coefficient (Wildman–Crippen LogP) is 4.05. The van der Waals surface area contributed by atoms with Gasteiger partial charge in [-0.15, -0.1) is 0 Å². The zero-order valence-electron chi connectivity index (χ0n) is 16.0. The Morgan fingerprint density at radius 2 is 1.90 bits per heavy atom. The standard InChI is InChI=1S/C20H19ClN4O3S/c1-12-17(19(26)23(2)3)18(13-9-10-15(21)16(11-13)25(27)28)22-20(29)24(12)14-7-5-4-6-8-14/h4-11,18H,1-3H3,(H,22,29). The Balaban J connectivity index is 2.19. The van der Waals surface area contributed by atoms with E-state index >= 15 is 0 Å². The van der Waals surface area contributed by atoms with Gasteiger partial charge in [0.2, 0.25) is 0 Å². The largest absolute Gasteiger partial charge is 0.351 e. The molecular weight excluding hydrogens is 412 g/mol. The highest BCUT2D eigenvalue weighted by molar-refractivity contribution is 7.80. The molecular formula is C20H19ClN4O3S. The van der Waals surface area contributed by atoms with Crippen LogP contribution in [-0.4, -0.2) is 34.9 Å². The number of carbonyl (C=O) groups is 1. The average molecular weight is 431 g/mol. The van der Waals surface area contributed by atoms with Crippen LogP contribution in [0.1, 0.15) is 18.5 Å². The van der Waals surface area contributed by atoms with Crippen LogP contribution in [0.4, 0.5) is 11.4 Å². The molecule has 7 nitrogen and oxygen atoms in total. The number of nitro groups is 1. The Kier molecular flexibility index (Phi) is 5.86. The number of anilines is 1. The fourth-order valence-electron chi connectivity index (χ4n) is 3.25. The van der Waals surface area contributed by atoms with Crippen molar-refractivity contribution >= 4 is 46.2 Å². The summed E-state index contributed by atoms with van der Waals surface area (Å²) < 4.78 is 0. The number of amides is 1. The highest BCUT2D eigenvalue weighted by Gasteiger charge is 2.36. The van der Waals surface area contributed by atoms with Crippen LogP contribution in [0, 0.1) is 10.1 Å². The molecule has 0 aliphatic carbocycles. The number of rotatable bonds is 4. The Hall–Kier alpha value is -2.97. The monoisotopic (exact) mass is 430 g/mol. The lowest BCUT2D eigenvalue weighted by Crippen LogP contribution is -2.49. The van der Waals surface area contributed by atoms with Crippen LogP contribution < -0.4 is 10.2 Å². The fourth-order valence-corrected chi connectivity index (χ4v) is 3.79. The van der Waals surface area contributed by atoms with Gasteiger partial charge in [-0.2, -0.15) is 0 Å². The summed E-state index contributed by atoms with van der Waals surface area (Å²) in [4.78, 5) is 27.1. The minimum atomic E-state index is -0.645. The number of likely N-dealkylation sites (N-methyl/N-ethyl adjacent to an activating group) is 1. The zero-order chi connectivity index (χ0) is 21.3. The van der Waals surface area contributed by atoms with Crippen molar-refractivity contribution in [1.29, 1.82) is 0 Å². The molecule has 0 fully saturated rings. The van der Waals surface area contributed by atoms with Gasteiger partial charge in [-0.25, -0.2) is 0 Å². The highest BCUT2D eigenvalue weighted by Crippen LogP contribution is 2.36. The van der Waals surface area contributed by atoms with Crippen LogP contribution in [-0.2, 0) is 4.79 Å². The summed E-state index contributed by atoms with van der Waals surface area (Å²) in [5.74, 6) is -0.221. The van der Waals surface area contributed by atoms with E-state index in [1.807, 2.05) is 37.3 Å². The van der Waals surface area contributed by atoms with Crippen LogP contribution in [0.5, 0.6) is 0 Å². The molecule has 1 heterocycles. The summed E-state index contributed by atoms with van der Waals surface area (Å²) in [6.07, 6.45) is 0. The van der Waals surface area contributed by atoms with Crippen LogP contribution >= 0.6 is 23.8 Å². The van der Waals surface area contributed by atoms with Gasteiger partial charge in [0.1, 0.15) is 5.02 Å². The van der Waals surface area contributed by atoms with Crippen molar-refractivity contribution < 1.29 is 9.72 Å². The van der Waals surface area contributed by atoms with E-state index < -0.39 is 11.0 Å². The van der Waals surface area contributed by atoms with Crippen LogP contribution in [0.25, 0.3) is 0 Å². The molecule has 1 amide bonds. The molecule has 1 N–H and O–H groups in total. The van der Waals surface area contributed by atoms with Gasteiger partial charge >= 0.3 is 0 Å². The van der Waals surface area contributed by atoms with Crippen LogP contribution in [0.15, 0.2) is 59.8 Å². The Morgan fingerprint density at radius 1 is 1.24 bits per heavy atom. The smallest absolute Gasteiger partial charge is 0.288 e. The molecule has 150 valence electrons. The van der Waals surface area contributed by atoms with Gasteiger partial charge in [-0.05, 0) is 42.9 Å². The Bertz CT molecular complexity index is 1020. The van der Waals surface area contributed by atoms with Crippen molar-refractivity contribution in [1.82, 2.24) is 10.2 Å². The molecule has 2 aromatic carbocycles. The van der Waals surface area contributed by atoms with Crippen molar-refractivity contribution in [2.45, 2.75) is 13.0 Å². The van der Waals surface area contributed by atoms with E-state index in [4.69, 9.17) is 23.8 Å². The van der Waals surface area contributed by atoms with Gasteiger partial charge in [-0.3, -0.25) is 19.8 Å². The van der Waals surface area contributed by atoms with Gasteiger partial charge in [0, 0.05) is 31.5 Å². The second kappa shape index (κ2) is 8.18. The number of nitrogens with one attached hydrogen (secondary N) is 1. The molecule has 1 atom stereocenters. The summed E-state index contributed by atoms with van der Waals surface area (Å²) in [7, 11) is 3.31. The van der Waals surface area contributed by atoms with E-state index in [1.54, 1.807) is 25.1 Å². The van der Waals surface area contributed by atoms with Gasteiger partial charge in [0.15, 0.2) is 5.11 Å². The average Bonchev–Trinajstić information content (AvgIpc) is 2.68. The topological polar surface area (TPSA) is 78.7 Å². The maximum atomic E-state index is 13.1. The van der Waals surface area contributed by atoms with Gasteiger partial charge in [-0.1, -0.05) is 35.9 Å². The molecule has 1 aliphatic rings. The second-order valence-electron chi connectivity index (χ2n) is 6.72. The number of benzene rings is 2. The fraction of sp³-hybridized carbons (Fsp3) is 0.200. The number of nitrogens with zero attached hydrogens (tertiary/aromatic N) is 3. The van der Waals surface area contributed by atoms with Crippen LogP contribution in [0.2, 0.25) is 5.02 Å². The van der Waals surface area contributed by atoms with Crippen molar-refractivity contribution in [3.63, 3.8) is 0 Å². The van der Waals surface area contributed by atoms with Crippen molar-refractivity contribution in [3.05, 3.63) is 80.5 Å². The summed E-state index contributed by atoms with van der Waals surface area (Å²) in [6.45, 7) is 1.81. The van der Waals surface area contributed by atoms with E-state index in [2.05, 4.69) is 5.32 Å². The van der Waals surface area contributed by atoms with E-state index in [1.165, 1.54) is 17.0 Å². The molecule has 3 rings (SSSR count). The predicted molar refractivity (Wildman–Crippen MR) is 117 cm³/mol. The number of hydrogen-bond acceptors (Lipinski definition) is 4. The number of carbonyl (C=O) groups excluding carboxylic acids is 1. The number of hydrogen-bond donors (Lipinski definition) is 1. The zero-order valence-corrected chi connectivity index (χ0v) is 17.6. The van der Waals surface area contributed by atoms with Gasteiger partial charge in [0.05, 0.1) is 16.5 Å². The number of para-hydroxylation sites is 1.